The summed E-state index contributed by atoms with van der Waals surface area (Å²) in [5, 5.41) is 2.59. The number of hydrogen-bond donors (Lipinski definition) is 2. The number of carbonyl (C=O) groups is 1. The van der Waals surface area contributed by atoms with Crippen LogP contribution < -0.4 is 5.32 Å². The van der Waals surface area contributed by atoms with Crippen LogP contribution in [0.15, 0.2) is 24.3 Å². The van der Waals surface area contributed by atoms with Crippen LogP contribution in [-0.2, 0) is 4.79 Å². The first-order chi connectivity index (χ1) is 7.00. The molecule has 1 aromatic rings. The molecule has 0 aliphatic heterocycles. The molecule has 0 aliphatic carbocycles. The minimum absolute atomic E-state index is 0.0427. The minimum Gasteiger partial charge on any atom is -0.325 e. The minimum atomic E-state index is -0.259. The Morgan fingerprint density at radius 2 is 2.07 bits per heavy atom. The fourth-order valence-corrected chi connectivity index (χ4v) is 1.31. The van der Waals surface area contributed by atoms with E-state index in [2.05, 4.69) is 17.9 Å². The summed E-state index contributed by atoms with van der Waals surface area (Å²) in [6, 6.07) is 7.74. The average Bonchev–Trinajstić information content (AvgIpc) is 2.16. The van der Waals surface area contributed by atoms with Crippen molar-refractivity contribution in [2.45, 2.75) is 26.0 Å². The fraction of sp³-hybridized carbons (Fsp3) is 0.417. The quantitative estimate of drug-likeness (QED) is 0.758. The number of hydrogen-bond acceptors (Lipinski definition) is 2. The van der Waals surface area contributed by atoms with Gasteiger partial charge in [-0.05, 0) is 30.5 Å². The van der Waals surface area contributed by atoms with Gasteiger partial charge in [-0.1, -0.05) is 26.0 Å². The summed E-state index contributed by atoms with van der Waals surface area (Å²) in [7, 11) is 0. The van der Waals surface area contributed by atoms with E-state index in [1.165, 1.54) is 0 Å². The van der Waals surface area contributed by atoms with Gasteiger partial charge in [-0.2, -0.15) is 12.6 Å². The van der Waals surface area contributed by atoms with Crippen LogP contribution in [0, 0.1) is 12.8 Å². The van der Waals surface area contributed by atoms with E-state index in [0.29, 0.717) is 0 Å². The molecule has 0 spiro atoms. The van der Waals surface area contributed by atoms with E-state index in [1.54, 1.807) is 0 Å². The number of carbonyl (C=O) groups excluding carboxylic acids is 1. The standard InChI is InChI=1S/C12H17NOS/c1-8(2)11(15)12(14)13-10-6-4-5-9(3)7-10/h4-8,11,15H,1-3H3,(H,13,14). The van der Waals surface area contributed by atoms with Gasteiger partial charge in [0, 0.05) is 5.69 Å². The molecule has 0 aromatic heterocycles. The molecule has 1 unspecified atom stereocenters. The Kier molecular flexibility index (Phi) is 4.21. The van der Waals surface area contributed by atoms with Gasteiger partial charge in [-0.3, -0.25) is 4.79 Å². The Hall–Kier alpha value is -0.960. The number of anilines is 1. The first-order valence-corrected chi connectivity index (χ1v) is 5.58. The van der Waals surface area contributed by atoms with Crippen molar-refractivity contribution in [1.29, 1.82) is 0 Å². The molecule has 1 amide bonds. The molecule has 1 N–H and O–H groups in total. The van der Waals surface area contributed by atoms with Crippen LogP contribution in [0.1, 0.15) is 19.4 Å². The highest BCUT2D eigenvalue weighted by Crippen LogP contribution is 2.14. The lowest BCUT2D eigenvalue weighted by Gasteiger charge is -2.14. The molecule has 15 heavy (non-hydrogen) atoms. The van der Waals surface area contributed by atoms with E-state index in [9.17, 15) is 4.79 Å². The fourth-order valence-electron chi connectivity index (χ4n) is 1.24. The van der Waals surface area contributed by atoms with Gasteiger partial charge in [0.25, 0.3) is 0 Å². The Morgan fingerprint density at radius 3 is 2.60 bits per heavy atom. The molecule has 1 aromatic carbocycles. The average molecular weight is 223 g/mol. The summed E-state index contributed by atoms with van der Waals surface area (Å²) in [5.74, 6) is 0.192. The molecule has 0 saturated heterocycles. The predicted octanol–water partition coefficient (Wildman–Crippen LogP) is 2.89. The summed E-state index contributed by atoms with van der Waals surface area (Å²) in [5.41, 5.74) is 1.97. The second-order valence-electron chi connectivity index (χ2n) is 4.05. The zero-order valence-electron chi connectivity index (χ0n) is 9.32. The number of nitrogens with one attached hydrogen (secondary N) is 1. The maximum atomic E-state index is 11.7. The number of benzene rings is 1. The third kappa shape index (κ3) is 3.59. The summed E-state index contributed by atoms with van der Waals surface area (Å²) < 4.78 is 0. The second kappa shape index (κ2) is 5.21. The maximum Gasteiger partial charge on any atom is 0.237 e. The summed E-state index contributed by atoms with van der Waals surface area (Å²) >= 11 is 4.26. The van der Waals surface area contributed by atoms with Crippen LogP contribution in [0.3, 0.4) is 0 Å². The van der Waals surface area contributed by atoms with Gasteiger partial charge >= 0.3 is 0 Å². The van der Waals surface area contributed by atoms with E-state index in [4.69, 9.17) is 0 Å². The molecule has 1 rings (SSSR count). The molecule has 0 aliphatic rings. The lowest BCUT2D eigenvalue weighted by molar-refractivity contribution is -0.116. The molecule has 0 saturated carbocycles. The van der Waals surface area contributed by atoms with Crippen LogP contribution in [0.5, 0.6) is 0 Å². The topological polar surface area (TPSA) is 29.1 Å². The van der Waals surface area contributed by atoms with Crippen molar-refractivity contribution in [3.63, 3.8) is 0 Å². The van der Waals surface area contributed by atoms with Crippen molar-refractivity contribution in [3.05, 3.63) is 29.8 Å². The van der Waals surface area contributed by atoms with Gasteiger partial charge in [-0.25, -0.2) is 0 Å². The van der Waals surface area contributed by atoms with Crippen molar-refractivity contribution in [2.75, 3.05) is 5.32 Å². The Morgan fingerprint density at radius 1 is 1.40 bits per heavy atom. The third-order valence-electron chi connectivity index (χ3n) is 2.19. The first kappa shape index (κ1) is 12.1. The lowest BCUT2D eigenvalue weighted by Crippen LogP contribution is -2.27. The Balaban J connectivity index is 2.66. The molecule has 0 bridgehead atoms. The monoisotopic (exact) mass is 223 g/mol. The van der Waals surface area contributed by atoms with Crippen LogP contribution in [0.2, 0.25) is 0 Å². The zero-order chi connectivity index (χ0) is 11.4. The molecule has 82 valence electrons. The van der Waals surface area contributed by atoms with E-state index in [0.717, 1.165) is 11.3 Å². The molecule has 0 radical (unpaired) electrons. The molecule has 0 heterocycles. The van der Waals surface area contributed by atoms with Crippen LogP contribution in [0.25, 0.3) is 0 Å². The largest absolute Gasteiger partial charge is 0.325 e. The highest BCUT2D eigenvalue weighted by Gasteiger charge is 2.17. The number of aryl methyl sites for hydroxylation is 1. The van der Waals surface area contributed by atoms with Crippen LogP contribution >= 0.6 is 12.6 Å². The summed E-state index contributed by atoms with van der Waals surface area (Å²) in [4.78, 5) is 11.7. The number of amides is 1. The van der Waals surface area contributed by atoms with E-state index in [1.807, 2.05) is 45.0 Å². The van der Waals surface area contributed by atoms with Crippen molar-refractivity contribution in [2.24, 2.45) is 5.92 Å². The maximum absolute atomic E-state index is 11.7. The van der Waals surface area contributed by atoms with E-state index >= 15 is 0 Å². The molecule has 3 heteroatoms. The SMILES string of the molecule is Cc1cccc(NC(=O)C(S)C(C)C)c1. The first-order valence-electron chi connectivity index (χ1n) is 5.06. The number of rotatable bonds is 3. The number of thiol groups is 1. The highest BCUT2D eigenvalue weighted by atomic mass is 32.1. The molecule has 2 nitrogen and oxygen atoms in total. The Bertz CT molecular complexity index is 349. The predicted molar refractivity (Wildman–Crippen MR) is 67.4 cm³/mol. The second-order valence-corrected chi connectivity index (χ2v) is 4.60. The van der Waals surface area contributed by atoms with Crippen molar-refractivity contribution in [1.82, 2.24) is 0 Å². The molecule has 1 atom stereocenters. The van der Waals surface area contributed by atoms with E-state index < -0.39 is 0 Å². The van der Waals surface area contributed by atoms with Gasteiger partial charge in [0.1, 0.15) is 0 Å². The van der Waals surface area contributed by atoms with Crippen molar-refractivity contribution in [3.8, 4) is 0 Å². The smallest absolute Gasteiger partial charge is 0.237 e. The molecular formula is C12H17NOS. The van der Waals surface area contributed by atoms with Gasteiger partial charge in [0.05, 0.1) is 5.25 Å². The summed E-state index contributed by atoms with van der Waals surface area (Å²) in [6.45, 7) is 5.96. The molecule has 0 fully saturated rings. The Labute approximate surface area is 96.5 Å². The summed E-state index contributed by atoms with van der Waals surface area (Å²) in [6.07, 6.45) is 0. The van der Waals surface area contributed by atoms with Gasteiger partial charge in [-0.15, -0.1) is 0 Å². The van der Waals surface area contributed by atoms with Crippen LogP contribution in [0.4, 0.5) is 5.69 Å². The van der Waals surface area contributed by atoms with Gasteiger partial charge < -0.3 is 5.32 Å². The third-order valence-corrected chi connectivity index (χ3v) is 3.02. The van der Waals surface area contributed by atoms with Crippen molar-refractivity contribution < 1.29 is 4.79 Å². The molecular weight excluding hydrogens is 206 g/mol. The van der Waals surface area contributed by atoms with Gasteiger partial charge in [0.15, 0.2) is 0 Å². The lowest BCUT2D eigenvalue weighted by atomic mass is 10.1. The zero-order valence-corrected chi connectivity index (χ0v) is 10.2. The van der Waals surface area contributed by atoms with E-state index in [-0.39, 0.29) is 17.1 Å². The van der Waals surface area contributed by atoms with Crippen LogP contribution in [-0.4, -0.2) is 11.2 Å². The highest BCUT2D eigenvalue weighted by molar-refractivity contribution is 7.81. The van der Waals surface area contributed by atoms with Crippen molar-refractivity contribution >= 4 is 24.2 Å². The van der Waals surface area contributed by atoms with Gasteiger partial charge in [0.2, 0.25) is 5.91 Å². The normalized spacial score (nSPS) is 12.6.